The van der Waals surface area contributed by atoms with E-state index in [1.54, 1.807) is 24.3 Å². The highest BCUT2D eigenvalue weighted by Gasteiger charge is 1.95. The van der Waals surface area contributed by atoms with E-state index in [2.05, 4.69) is 10.2 Å². The van der Waals surface area contributed by atoms with Gasteiger partial charge in [-0.05, 0) is 24.3 Å². The molecule has 0 heterocycles. The number of rotatable bonds is 2. The highest BCUT2D eigenvalue weighted by Crippen LogP contribution is 2.26. The van der Waals surface area contributed by atoms with Gasteiger partial charge in [0.15, 0.2) is 0 Å². The number of aromatic hydroxyl groups is 1. The van der Waals surface area contributed by atoms with E-state index in [1.807, 2.05) is 30.3 Å². The number of phenols is 1. The van der Waals surface area contributed by atoms with Crippen LogP contribution in [0, 0.1) is 0 Å². The Morgan fingerprint density at radius 1 is 0.889 bits per heavy atom. The van der Waals surface area contributed by atoms with Crippen LogP contribution in [-0.2, 0) is 4.79 Å². The maximum absolute atomic E-state index is 9.43. The predicted molar refractivity (Wildman–Crippen MR) is 67.4 cm³/mol. The monoisotopic (exact) mass is 244 g/mol. The van der Waals surface area contributed by atoms with Gasteiger partial charge in [0.2, 0.25) is 0 Å². The van der Waals surface area contributed by atoms with Gasteiger partial charge in [-0.3, -0.25) is 4.79 Å². The molecule has 0 saturated carbocycles. The third kappa shape index (κ3) is 4.44. The molecular formula is C13H12N2O3. The van der Waals surface area contributed by atoms with Crippen molar-refractivity contribution < 1.29 is 15.0 Å². The number of carboxylic acid groups (broad SMARTS) is 1. The first-order valence-corrected chi connectivity index (χ1v) is 5.10. The third-order valence-electron chi connectivity index (χ3n) is 1.91. The number of nitrogens with zero attached hydrogens (tertiary/aromatic N) is 2. The van der Waals surface area contributed by atoms with Gasteiger partial charge in [-0.2, -0.15) is 5.11 Å². The van der Waals surface area contributed by atoms with Crippen LogP contribution in [0.25, 0.3) is 0 Å². The van der Waals surface area contributed by atoms with Crippen LogP contribution in [-0.4, -0.2) is 16.7 Å². The molecule has 2 N–H and O–H groups in total. The topological polar surface area (TPSA) is 82.2 Å². The molecule has 0 bridgehead atoms. The van der Waals surface area contributed by atoms with E-state index in [0.717, 1.165) is 5.69 Å². The summed E-state index contributed by atoms with van der Waals surface area (Å²) >= 11 is 0. The molecule has 5 nitrogen and oxygen atoms in total. The smallest absolute Gasteiger partial charge is 0.290 e. The standard InChI is InChI=1S/C12H10N2O.CH2O2/c15-12-9-5-4-8-11(12)14-13-10-6-2-1-3-7-10;2-1-3/h1-9,15H;1H,(H,2,3). The fourth-order valence-electron chi connectivity index (χ4n) is 1.15. The predicted octanol–water partition coefficient (Wildman–Crippen LogP) is 3.51. The first-order chi connectivity index (χ1) is 8.77. The SMILES string of the molecule is O=CO.Oc1ccccc1N=Nc1ccccc1. The maximum Gasteiger partial charge on any atom is 0.290 e. The molecule has 0 unspecified atom stereocenters. The van der Waals surface area contributed by atoms with Crippen LogP contribution in [0.3, 0.4) is 0 Å². The highest BCUT2D eigenvalue weighted by atomic mass is 16.3. The maximum atomic E-state index is 9.43. The summed E-state index contributed by atoms with van der Waals surface area (Å²) in [5, 5.41) is 24.3. The van der Waals surface area contributed by atoms with Crippen molar-refractivity contribution in [3.63, 3.8) is 0 Å². The average molecular weight is 244 g/mol. The molecule has 0 aliphatic rings. The average Bonchev–Trinajstić information content (AvgIpc) is 2.40. The highest BCUT2D eigenvalue weighted by molar-refractivity contribution is 5.50. The number of hydrogen-bond acceptors (Lipinski definition) is 4. The van der Waals surface area contributed by atoms with Gasteiger partial charge < -0.3 is 10.2 Å². The molecule has 92 valence electrons. The van der Waals surface area contributed by atoms with Crippen LogP contribution in [0.1, 0.15) is 0 Å². The summed E-state index contributed by atoms with van der Waals surface area (Å²) in [6.45, 7) is -0.250. The van der Waals surface area contributed by atoms with E-state index < -0.39 is 0 Å². The molecule has 18 heavy (non-hydrogen) atoms. The lowest BCUT2D eigenvalue weighted by Crippen LogP contribution is -1.66. The van der Waals surface area contributed by atoms with Crippen molar-refractivity contribution in [1.29, 1.82) is 0 Å². The van der Waals surface area contributed by atoms with Gasteiger partial charge in [-0.15, -0.1) is 5.11 Å². The van der Waals surface area contributed by atoms with E-state index in [9.17, 15) is 5.11 Å². The van der Waals surface area contributed by atoms with E-state index in [1.165, 1.54) is 0 Å². The number of hydrogen-bond donors (Lipinski definition) is 2. The summed E-state index contributed by atoms with van der Waals surface area (Å²) in [5.74, 6) is 0.136. The Hall–Kier alpha value is -2.69. The minimum absolute atomic E-state index is 0.136. The second-order valence-electron chi connectivity index (χ2n) is 3.13. The van der Waals surface area contributed by atoms with E-state index in [0.29, 0.717) is 5.69 Å². The Bertz CT molecular complexity index is 513. The van der Waals surface area contributed by atoms with Crippen molar-refractivity contribution in [3.05, 3.63) is 54.6 Å². The summed E-state index contributed by atoms with van der Waals surface area (Å²) in [4.78, 5) is 8.36. The van der Waals surface area contributed by atoms with Crippen LogP contribution >= 0.6 is 0 Å². The van der Waals surface area contributed by atoms with Gasteiger partial charge in [0, 0.05) is 0 Å². The van der Waals surface area contributed by atoms with Crippen molar-refractivity contribution >= 4 is 17.8 Å². The van der Waals surface area contributed by atoms with E-state index in [-0.39, 0.29) is 12.2 Å². The van der Waals surface area contributed by atoms with Gasteiger partial charge in [-0.25, -0.2) is 0 Å². The first kappa shape index (κ1) is 13.4. The number of carbonyl (C=O) groups is 1. The van der Waals surface area contributed by atoms with Gasteiger partial charge in [-0.1, -0.05) is 30.3 Å². The summed E-state index contributed by atoms with van der Waals surface area (Å²) < 4.78 is 0. The Morgan fingerprint density at radius 2 is 1.44 bits per heavy atom. The van der Waals surface area contributed by atoms with E-state index in [4.69, 9.17) is 9.90 Å². The molecule has 0 aromatic heterocycles. The zero-order chi connectivity index (χ0) is 13.2. The Balaban J connectivity index is 0.000000492. The Labute approximate surface area is 104 Å². The van der Waals surface area contributed by atoms with Gasteiger partial charge in [0.05, 0.1) is 5.69 Å². The second kappa shape index (κ2) is 7.56. The molecule has 0 aliphatic carbocycles. The third-order valence-corrected chi connectivity index (χ3v) is 1.91. The van der Waals surface area contributed by atoms with Gasteiger partial charge in [0.1, 0.15) is 11.4 Å². The van der Waals surface area contributed by atoms with Crippen molar-refractivity contribution in [2.75, 3.05) is 0 Å². The van der Waals surface area contributed by atoms with Crippen LogP contribution in [0.15, 0.2) is 64.8 Å². The van der Waals surface area contributed by atoms with Crippen molar-refractivity contribution in [2.24, 2.45) is 10.2 Å². The first-order valence-electron chi connectivity index (χ1n) is 5.10. The number of azo groups is 1. The van der Waals surface area contributed by atoms with Crippen LogP contribution < -0.4 is 0 Å². The number of phenolic OH excluding ortho intramolecular Hbond substituents is 1. The molecular weight excluding hydrogens is 232 g/mol. The number of benzene rings is 2. The molecule has 0 amide bonds. The molecule has 0 fully saturated rings. The molecule has 2 aromatic rings. The summed E-state index contributed by atoms with van der Waals surface area (Å²) in [7, 11) is 0. The van der Waals surface area contributed by atoms with E-state index >= 15 is 0 Å². The lowest BCUT2D eigenvalue weighted by Gasteiger charge is -1.95. The fourth-order valence-corrected chi connectivity index (χ4v) is 1.15. The van der Waals surface area contributed by atoms with Crippen molar-refractivity contribution in [1.82, 2.24) is 0 Å². The fraction of sp³-hybridized carbons (Fsp3) is 0. The van der Waals surface area contributed by atoms with Crippen molar-refractivity contribution in [3.8, 4) is 5.75 Å². The summed E-state index contributed by atoms with van der Waals surface area (Å²) in [6.07, 6.45) is 0. The molecule has 0 radical (unpaired) electrons. The van der Waals surface area contributed by atoms with Crippen LogP contribution in [0.5, 0.6) is 5.75 Å². The lowest BCUT2D eigenvalue weighted by molar-refractivity contribution is -0.122. The Morgan fingerprint density at radius 3 is 2.06 bits per heavy atom. The molecule has 5 heteroatoms. The minimum Gasteiger partial charge on any atom is -0.506 e. The molecule has 0 atom stereocenters. The molecule has 2 aromatic carbocycles. The van der Waals surface area contributed by atoms with Gasteiger partial charge in [0.25, 0.3) is 6.47 Å². The summed E-state index contributed by atoms with van der Waals surface area (Å²) in [6, 6.07) is 16.2. The zero-order valence-electron chi connectivity index (χ0n) is 9.47. The normalized spacial score (nSPS) is 9.56. The van der Waals surface area contributed by atoms with Crippen molar-refractivity contribution in [2.45, 2.75) is 0 Å². The largest absolute Gasteiger partial charge is 0.506 e. The molecule has 0 aliphatic heterocycles. The second-order valence-corrected chi connectivity index (χ2v) is 3.13. The Kier molecular flexibility index (Phi) is 5.62. The molecule has 0 saturated heterocycles. The van der Waals surface area contributed by atoms with Gasteiger partial charge >= 0.3 is 0 Å². The molecule has 0 spiro atoms. The minimum atomic E-state index is -0.250. The lowest BCUT2D eigenvalue weighted by atomic mass is 10.3. The summed E-state index contributed by atoms with van der Waals surface area (Å²) in [5.41, 5.74) is 1.24. The van der Waals surface area contributed by atoms with Crippen LogP contribution in [0.4, 0.5) is 11.4 Å². The number of para-hydroxylation sites is 1. The quantitative estimate of drug-likeness (QED) is 0.626. The van der Waals surface area contributed by atoms with Crippen LogP contribution in [0.2, 0.25) is 0 Å². The molecule has 2 rings (SSSR count). The zero-order valence-corrected chi connectivity index (χ0v) is 9.47.